The van der Waals surface area contributed by atoms with Gasteiger partial charge in [0.25, 0.3) is 0 Å². The van der Waals surface area contributed by atoms with Crippen molar-refractivity contribution in [1.82, 2.24) is 0 Å². The predicted molar refractivity (Wildman–Crippen MR) is 67.8 cm³/mol. The van der Waals surface area contributed by atoms with Gasteiger partial charge in [-0.3, -0.25) is 4.79 Å². The Hall–Kier alpha value is -1.31. The summed E-state index contributed by atoms with van der Waals surface area (Å²) in [7, 11) is 1.47. The van der Waals surface area contributed by atoms with Crippen molar-refractivity contribution in [1.29, 1.82) is 0 Å². The fourth-order valence-corrected chi connectivity index (χ4v) is 2.88. The minimum Gasteiger partial charge on any atom is -0.469 e. The smallest absolute Gasteiger partial charge is 0.306 e. The molecule has 0 amide bonds. The van der Waals surface area contributed by atoms with Gasteiger partial charge in [0.1, 0.15) is 0 Å². The molecular formula is C15H20O2. The van der Waals surface area contributed by atoms with Crippen LogP contribution in [0, 0.1) is 5.92 Å². The normalized spacial score (nSPS) is 17.9. The van der Waals surface area contributed by atoms with Crippen molar-refractivity contribution < 1.29 is 9.53 Å². The molecule has 2 rings (SSSR count). The summed E-state index contributed by atoms with van der Waals surface area (Å²) in [4.78, 5) is 11.5. The van der Waals surface area contributed by atoms with Gasteiger partial charge in [-0.15, -0.1) is 0 Å². The van der Waals surface area contributed by atoms with Crippen LogP contribution < -0.4 is 0 Å². The highest BCUT2D eigenvalue weighted by Crippen LogP contribution is 2.39. The van der Waals surface area contributed by atoms with E-state index in [1.54, 1.807) is 0 Å². The van der Waals surface area contributed by atoms with Gasteiger partial charge >= 0.3 is 5.97 Å². The molecule has 17 heavy (non-hydrogen) atoms. The molecule has 92 valence electrons. The molecule has 0 radical (unpaired) electrons. The molecule has 1 aromatic carbocycles. The van der Waals surface area contributed by atoms with Crippen molar-refractivity contribution >= 4 is 5.97 Å². The number of hydrogen-bond acceptors (Lipinski definition) is 2. The van der Waals surface area contributed by atoms with E-state index in [0.29, 0.717) is 18.3 Å². The van der Waals surface area contributed by atoms with Crippen molar-refractivity contribution in [2.75, 3.05) is 7.11 Å². The fraction of sp³-hybridized carbons (Fsp3) is 0.533. The Labute approximate surface area is 103 Å². The molecule has 1 atom stereocenters. The van der Waals surface area contributed by atoms with Crippen LogP contribution in [-0.4, -0.2) is 13.1 Å². The van der Waals surface area contributed by atoms with Crippen LogP contribution in [0.5, 0.6) is 0 Å². The zero-order valence-corrected chi connectivity index (χ0v) is 10.4. The number of carbonyl (C=O) groups excluding carboxylic acids is 1. The monoisotopic (exact) mass is 232 g/mol. The third-order valence-corrected chi connectivity index (χ3v) is 3.81. The third-order valence-electron chi connectivity index (χ3n) is 3.81. The highest BCUT2D eigenvalue weighted by Gasteiger charge is 2.28. The lowest BCUT2D eigenvalue weighted by Gasteiger charge is -2.22. The molecule has 2 heteroatoms. The molecule has 1 aliphatic rings. The molecule has 1 fully saturated rings. The Morgan fingerprint density at radius 2 is 1.94 bits per heavy atom. The predicted octanol–water partition coefficient (Wildman–Crippen LogP) is 3.52. The molecule has 0 saturated heterocycles. The largest absolute Gasteiger partial charge is 0.469 e. The quantitative estimate of drug-likeness (QED) is 0.742. The molecule has 1 unspecified atom stereocenters. The molecule has 2 nitrogen and oxygen atoms in total. The summed E-state index contributed by atoms with van der Waals surface area (Å²) in [6, 6.07) is 10.4. The molecule has 0 heterocycles. The van der Waals surface area contributed by atoms with E-state index in [9.17, 15) is 4.79 Å². The Morgan fingerprint density at radius 3 is 2.53 bits per heavy atom. The number of esters is 1. The number of methoxy groups -OCH3 is 1. The van der Waals surface area contributed by atoms with Gasteiger partial charge in [0.05, 0.1) is 13.5 Å². The van der Waals surface area contributed by atoms with E-state index in [0.717, 1.165) is 0 Å². The maximum absolute atomic E-state index is 11.5. The SMILES string of the molecule is COC(=O)CC(c1ccccc1)C1CCCC1. The maximum Gasteiger partial charge on any atom is 0.306 e. The van der Waals surface area contributed by atoms with E-state index in [2.05, 4.69) is 24.3 Å². The fourth-order valence-electron chi connectivity index (χ4n) is 2.88. The second-order valence-electron chi connectivity index (χ2n) is 4.84. The zero-order chi connectivity index (χ0) is 12.1. The lowest BCUT2D eigenvalue weighted by atomic mass is 9.82. The van der Waals surface area contributed by atoms with E-state index in [1.165, 1.54) is 38.4 Å². The summed E-state index contributed by atoms with van der Waals surface area (Å²) in [6.45, 7) is 0. The van der Waals surface area contributed by atoms with E-state index >= 15 is 0 Å². The van der Waals surface area contributed by atoms with E-state index < -0.39 is 0 Å². The second kappa shape index (κ2) is 5.85. The van der Waals surface area contributed by atoms with Crippen LogP contribution >= 0.6 is 0 Å². The minimum atomic E-state index is -0.0919. The van der Waals surface area contributed by atoms with Crippen molar-refractivity contribution in [3.8, 4) is 0 Å². The molecule has 1 saturated carbocycles. The molecule has 0 spiro atoms. The molecule has 0 aromatic heterocycles. The molecule has 0 aliphatic heterocycles. The Morgan fingerprint density at radius 1 is 1.29 bits per heavy atom. The van der Waals surface area contributed by atoms with Gasteiger partial charge in [0.15, 0.2) is 0 Å². The van der Waals surface area contributed by atoms with Gasteiger partial charge in [-0.2, -0.15) is 0 Å². The topological polar surface area (TPSA) is 26.3 Å². The van der Waals surface area contributed by atoms with Gasteiger partial charge in [0.2, 0.25) is 0 Å². The molecule has 1 aliphatic carbocycles. The first-order chi connectivity index (χ1) is 8.31. The summed E-state index contributed by atoms with van der Waals surface area (Å²) >= 11 is 0. The van der Waals surface area contributed by atoms with Crippen LogP contribution in [-0.2, 0) is 9.53 Å². The van der Waals surface area contributed by atoms with Gasteiger partial charge in [-0.25, -0.2) is 0 Å². The number of carbonyl (C=O) groups is 1. The standard InChI is InChI=1S/C15H20O2/c1-17-15(16)11-14(13-9-5-6-10-13)12-7-3-2-4-8-12/h2-4,7-8,13-14H,5-6,9-11H2,1H3. The highest BCUT2D eigenvalue weighted by atomic mass is 16.5. The Kier molecular flexibility index (Phi) is 4.18. The maximum atomic E-state index is 11.5. The van der Waals surface area contributed by atoms with Crippen LogP contribution in [0.3, 0.4) is 0 Å². The summed E-state index contributed by atoms with van der Waals surface area (Å²) < 4.78 is 4.82. The summed E-state index contributed by atoms with van der Waals surface area (Å²) in [5, 5.41) is 0. The van der Waals surface area contributed by atoms with E-state index in [4.69, 9.17) is 4.74 Å². The number of rotatable bonds is 4. The third kappa shape index (κ3) is 3.09. The molecule has 0 N–H and O–H groups in total. The summed E-state index contributed by atoms with van der Waals surface area (Å²) in [6.07, 6.45) is 5.61. The Balaban J connectivity index is 2.14. The number of hydrogen-bond donors (Lipinski definition) is 0. The zero-order valence-electron chi connectivity index (χ0n) is 10.4. The van der Waals surface area contributed by atoms with E-state index in [1.807, 2.05) is 6.07 Å². The van der Waals surface area contributed by atoms with Crippen LogP contribution in [0.4, 0.5) is 0 Å². The van der Waals surface area contributed by atoms with Crippen LogP contribution in [0.25, 0.3) is 0 Å². The number of benzene rings is 1. The van der Waals surface area contributed by atoms with Gasteiger partial charge in [-0.05, 0) is 30.2 Å². The average molecular weight is 232 g/mol. The minimum absolute atomic E-state index is 0.0919. The van der Waals surface area contributed by atoms with Crippen LogP contribution in [0.2, 0.25) is 0 Å². The number of ether oxygens (including phenoxy) is 1. The molecule has 1 aromatic rings. The van der Waals surface area contributed by atoms with Gasteiger partial charge in [-0.1, -0.05) is 43.2 Å². The lowest BCUT2D eigenvalue weighted by Crippen LogP contribution is -2.15. The van der Waals surface area contributed by atoms with Gasteiger partial charge in [0, 0.05) is 0 Å². The van der Waals surface area contributed by atoms with Crippen molar-refractivity contribution in [2.24, 2.45) is 5.92 Å². The van der Waals surface area contributed by atoms with Crippen molar-refractivity contribution in [3.63, 3.8) is 0 Å². The summed E-state index contributed by atoms with van der Waals surface area (Å²) in [5.41, 5.74) is 1.28. The van der Waals surface area contributed by atoms with Crippen LogP contribution in [0.15, 0.2) is 30.3 Å². The van der Waals surface area contributed by atoms with Crippen LogP contribution in [0.1, 0.15) is 43.6 Å². The lowest BCUT2D eigenvalue weighted by molar-refractivity contribution is -0.141. The Bertz CT molecular complexity index is 352. The van der Waals surface area contributed by atoms with E-state index in [-0.39, 0.29) is 5.97 Å². The summed E-state index contributed by atoms with van der Waals surface area (Å²) in [5.74, 6) is 0.897. The first kappa shape index (κ1) is 12.2. The average Bonchev–Trinajstić information content (AvgIpc) is 2.90. The first-order valence-electron chi connectivity index (χ1n) is 6.43. The first-order valence-corrected chi connectivity index (χ1v) is 6.43. The second-order valence-corrected chi connectivity index (χ2v) is 4.84. The highest BCUT2D eigenvalue weighted by molar-refractivity contribution is 5.70. The van der Waals surface area contributed by atoms with Crippen molar-refractivity contribution in [2.45, 2.75) is 38.0 Å². The molecule has 0 bridgehead atoms. The molecular weight excluding hydrogens is 212 g/mol. The van der Waals surface area contributed by atoms with Crippen molar-refractivity contribution in [3.05, 3.63) is 35.9 Å². The van der Waals surface area contributed by atoms with Gasteiger partial charge < -0.3 is 4.74 Å².